The van der Waals surface area contributed by atoms with Crippen molar-refractivity contribution in [1.29, 1.82) is 0 Å². The lowest BCUT2D eigenvalue weighted by atomic mass is 10.1. The Labute approximate surface area is 204 Å². The molecule has 0 radical (unpaired) electrons. The predicted molar refractivity (Wildman–Crippen MR) is 136 cm³/mol. The Kier molecular flexibility index (Phi) is 8.11. The SMILES string of the molecule is CC[C@@H](C)Oc1cc(Br)c(C=Nn2c([C@@H](C)CC)nc3ccc(Br)cc3c2=O)cc1OC. The van der Waals surface area contributed by atoms with E-state index in [1.807, 2.05) is 38.1 Å². The lowest BCUT2D eigenvalue weighted by Crippen LogP contribution is -2.23. The Balaban J connectivity index is 2.11. The molecule has 0 bridgehead atoms. The molecule has 0 aliphatic rings. The molecule has 3 rings (SSSR count). The Morgan fingerprint density at radius 2 is 1.88 bits per heavy atom. The molecule has 0 aliphatic heterocycles. The highest BCUT2D eigenvalue weighted by atomic mass is 79.9. The van der Waals surface area contributed by atoms with Crippen LogP contribution in [0.5, 0.6) is 11.5 Å². The number of benzene rings is 2. The molecule has 32 heavy (non-hydrogen) atoms. The summed E-state index contributed by atoms with van der Waals surface area (Å²) in [6.45, 7) is 8.18. The van der Waals surface area contributed by atoms with E-state index in [1.54, 1.807) is 19.4 Å². The van der Waals surface area contributed by atoms with Crippen LogP contribution in [0.2, 0.25) is 0 Å². The summed E-state index contributed by atoms with van der Waals surface area (Å²) >= 11 is 7.02. The predicted octanol–water partition coefficient (Wildman–Crippen LogP) is 6.50. The summed E-state index contributed by atoms with van der Waals surface area (Å²) in [5.41, 5.74) is 1.21. The van der Waals surface area contributed by atoms with Crippen LogP contribution in [0.25, 0.3) is 10.9 Å². The van der Waals surface area contributed by atoms with Crippen LogP contribution in [0.4, 0.5) is 0 Å². The van der Waals surface area contributed by atoms with Gasteiger partial charge in [-0.05, 0) is 66.0 Å². The van der Waals surface area contributed by atoms with Gasteiger partial charge in [0.25, 0.3) is 5.56 Å². The van der Waals surface area contributed by atoms with E-state index in [2.05, 4.69) is 50.8 Å². The number of hydrogen-bond acceptors (Lipinski definition) is 5. The van der Waals surface area contributed by atoms with Gasteiger partial charge >= 0.3 is 0 Å². The fraction of sp³-hybridized carbons (Fsp3) is 0.375. The van der Waals surface area contributed by atoms with Gasteiger partial charge in [-0.2, -0.15) is 9.78 Å². The highest BCUT2D eigenvalue weighted by molar-refractivity contribution is 9.10. The van der Waals surface area contributed by atoms with Gasteiger partial charge in [-0.3, -0.25) is 4.79 Å². The number of nitrogens with zero attached hydrogens (tertiary/aromatic N) is 3. The summed E-state index contributed by atoms with van der Waals surface area (Å²) < 4.78 is 14.5. The molecule has 1 heterocycles. The lowest BCUT2D eigenvalue weighted by molar-refractivity contribution is 0.207. The highest BCUT2D eigenvalue weighted by Crippen LogP contribution is 2.34. The Morgan fingerprint density at radius 1 is 1.12 bits per heavy atom. The fourth-order valence-corrected chi connectivity index (χ4v) is 3.89. The van der Waals surface area contributed by atoms with E-state index in [1.165, 1.54) is 4.68 Å². The average Bonchev–Trinajstić information content (AvgIpc) is 2.79. The monoisotopic (exact) mass is 563 g/mol. The average molecular weight is 565 g/mol. The summed E-state index contributed by atoms with van der Waals surface area (Å²) in [5, 5.41) is 5.05. The van der Waals surface area contributed by atoms with Crippen LogP contribution in [0, 0.1) is 0 Å². The second kappa shape index (κ2) is 10.6. The maximum Gasteiger partial charge on any atom is 0.282 e. The van der Waals surface area contributed by atoms with E-state index in [-0.39, 0.29) is 17.6 Å². The quantitative estimate of drug-likeness (QED) is 0.293. The second-order valence-corrected chi connectivity index (χ2v) is 9.43. The van der Waals surface area contributed by atoms with Crippen LogP contribution < -0.4 is 15.0 Å². The molecule has 0 saturated heterocycles. The van der Waals surface area contributed by atoms with Crippen molar-refractivity contribution in [3.8, 4) is 11.5 Å². The normalized spacial score (nSPS) is 13.5. The third kappa shape index (κ3) is 5.23. The molecule has 2 aromatic carbocycles. The molecule has 0 aliphatic carbocycles. The van der Waals surface area contributed by atoms with Gasteiger partial charge in [-0.1, -0.05) is 36.7 Å². The largest absolute Gasteiger partial charge is 0.493 e. The van der Waals surface area contributed by atoms with Crippen LogP contribution in [0.15, 0.2) is 49.2 Å². The smallest absolute Gasteiger partial charge is 0.282 e. The number of ether oxygens (including phenoxy) is 2. The zero-order valence-corrected chi connectivity index (χ0v) is 22.0. The minimum Gasteiger partial charge on any atom is -0.493 e. The topological polar surface area (TPSA) is 65.7 Å². The minimum atomic E-state index is -0.206. The molecule has 0 saturated carbocycles. The van der Waals surface area contributed by atoms with Crippen LogP contribution >= 0.6 is 31.9 Å². The van der Waals surface area contributed by atoms with Gasteiger partial charge in [0.05, 0.1) is 30.3 Å². The highest BCUT2D eigenvalue weighted by Gasteiger charge is 2.16. The van der Waals surface area contributed by atoms with Crippen molar-refractivity contribution < 1.29 is 9.47 Å². The third-order valence-electron chi connectivity index (χ3n) is 5.38. The van der Waals surface area contributed by atoms with E-state index in [4.69, 9.17) is 14.5 Å². The number of halogens is 2. The van der Waals surface area contributed by atoms with Gasteiger partial charge in [-0.25, -0.2) is 4.98 Å². The van der Waals surface area contributed by atoms with Crippen molar-refractivity contribution in [3.05, 3.63) is 61.0 Å². The zero-order valence-electron chi connectivity index (χ0n) is 18.9. The molecule has 0 N–H and O–H groups in total. The summed E-state index contributed by atoms with van der Waals surface area (Å²) in [7, 11) is 1.60. The summed E-state index contributed by atoms with van der Waals surface area (Å²) in [6.07, 6.45) is 3.42. The molecule has 8 heteroatoms. The molecule has 0 fully saturated rings. The van der Waals surface area contributed by atoms with Gasteiger partial charge in [0.2, 0.25) is 0 Å². The van der Waals surface area contributed by atoms with Crippen LogP contribution in [0.3, 0.4) is 0 Å². The Bertz CT molecular complexity index is 1210. The number of aromatic nitrogens is 2. The van der Waals surface area contributed by atoms with Crippen molar-refractivity contribution in [1.82, 2.24) is 9.66 Å². The van der Waals surface area contributed by atoms with Gasteiger partial charge in [-0.15, -0.1) is 0 Å². The number of rotatable bonds is 8. The van der Waals surface area contributed by atoms with Crippen LogP contribution in [0.1, 0.15) is 57.8 Å². The second-order valence-electron chi connectivity index (χ2n) is 7.66. The van der Waals surface area contributed by atoms with Gasteiger partial charge < -0.3 is 9.47 Å². The maximum absolute atomic E-state index is 13.3. The Morgan fingerprint density at radius 3 is 2.53 bits per heavy atom. The molecular formula is C24H27Br2N3O3. The van der Waals surface area contributed by atoms with Crippen LogP contribution in [-0.4, -0.2) is 29.1 Å². The molecule has 170 valence electrons. The first-order valence-corrected chi connectivity index (χ1v) is 12.2. The van der Waals surface area contributed by atoms with Crippen molar-refractivity contribution in [3.63, 3.8) is 0 Å². The fourth-order valence-electron chi connectivity index (χ4n) is 3.10. The summed E-state index contributed by atoms with van der Waals surface area (Å²) in [4.78, 5) is 18.0. The number of hydrogen-bond donors (Lipinski definition) is 0. The molecule has 0 amide bonds. The maximum atomic E-state index is 13.3. The van der Waals surface area contributed by atoms with E-state index >= 15 is 0 Å². The number of fused-ring (bicyclic) bond motifs is 1. The Hall–Kier alpha value is -2.19. The lowest BCUT2D eigenvalue weighted by Gasteiger charge is -2.17. The van der Waals surface area contributed by atoms with Gasteiger partial charge in [0.1, 0.15) is 5.82 Å². The van der Waals surface area contributed by atoms with Crippen molar-refractivity contribution >= 4 is 49.0 Å². The molecule has 3 aromatic rings. The first-order chi connectivity index (χ1) is 15.3. The zero-order chi connectivity index (χ0) is 23.4. The van der Waals surface area contributed by atoms with Crippen molar-refractivity contribution in [2.45, 2.75) is 52.6 Å². The van der Waals surface area contributed by atoms with Crippen LogP contribution in [-0.2, 0) is 0 Å². The molecule has 0 spiro atoms. The van der Waals surface area contributed by atoms with Crippen molar-refractivity contribution in [2.24, 2.45) is 5.10 Å². The standard InChI is InChI=1S/C24H27Br2N3O3/c1-6-14(3)23-28-20-9-8-17(25)11-18(20)24(30)29(23)27-13-16-10-21(31-5)22(12-19(16)26)32-15(4)7-2/h8-15H,6-7H2,1-5H3/t14-,15+/m0/s1. The molecule has 1 aromatic heterocycles. The first-order valence-electron chi connectivity index (χ1n) is 10.6. The van der Waals surface area contributed by atoms with Gasteiger partial charge in [0, 0.05) is 20.4 Å². The van der Waals surface area contributed by atoms with E-state index in [0.717, 1.165) is 27.4 Å². The molecule has 0 unspecified atom stereocenters. The van der Waals surface area contributed by atoms with Gasteiger partial charge in [0.15, 0.2) is 11.5 Å². The van der Waals surface area contributed by atoms with E-state index in [9.17, 15) is 4.79 Å². The third-order valence-corrected chi connectivity index (χ3v) is 6.56. The minimum absolute atomic E-state index is 0.0648. The molecule has 6 nitrogen and oxygen atoms in total. The van der Waals surface area contributed by atoms with E-state index in [0.29, 0.717) is 28.2 Å². The molecule has 2 atom stereocenters. The first kappa shape index (κ1) is 24.5. The summed E-state index contributed by atoms with van der Waals surface area (Å²) in [5.74, 6) is 1.95. The summed E-state index contributed by atoms with van der Waals surface area (Å²) in [6, 6.07) is 9.20. The molecular weight excluding hydrogens is 538 g/mol. The number of methoxy groups -OCH3 is 1. The van der Waals surface area contributed by atoms with E-state index < -0.39 is 0 Å². The van der Waals surface area contributed by atoms with Crippen molar-refractivity contribution in [2.75, 3.05) is 7.11 Å².